The van der Waals surface area contributed by atoms with Gasteiger partial charge in [-0.2, -0.15) is 11.8 Å². The van der Waals surface area contributed by atoms with Crippen molar-refractivity contribution in [2.45, 2.75) is 31.1 Å². The fourth-order valence-electron chi connectivity index (χ4n) is 2.91. The molecule has 1 unspecified atom stereocenters. The lowest BCUT2D eigenvalue weighted by Gasteiger charge is -2.34. The number of carbonyl (C=O) groups is 1. The maximum Gasteiger partial charge on any atom is 0.290 e. The molecule has 2 aromatic heterocycles. The molecular formula is C17H20N2O2S. The van der Waals surface area contributed by atoms with Crippen molar-refractivity contribution >= 4 is 17.7 Å². The van der Waals surface area contributed by atoms with Gasteiger partial charge >= 0.3 is 0 Å². The molecule has 1 aliphatic heterocycles. The van der Waals surface area contributed by atoms with E-state index in [2.05, 4.69) is 4.98 Å². The van der Waals surface area contributed by atoms with Crippen molar-refractivity contribution in [1.29, 1.82) is 0 Å². The van der Waals surface area contributed by atoms with Crippen LogP contribution in [0.4, 0.5) is 0 Å². The molecule has 3 rings (SSSR count). The number of amides is 1. The number of thioether (sulfide) groups is 1. The van der Waals surface area contributed by atoms with E-state index < -0.39 is 0 Å². The second-order valence-corrected chi connectivity index (χ2v) is 6.33. The molecule has 0 radical (unpaired) electrons. The van der Waals surface area contributed by atoms with Crippen LogP contribution in [0, 0.1) is 0 Å². The average Bonchev–Trinajstić information content (AvgIpc) is 3.04. The lowest BCUT2D eigenvalue weighted by molar-refractivity contribution is 0.0572. The Bertz CT molecular complexity index is 627. The van der Waals surface area contributed by atoms with Crippen molar-refractivity contribution in [3.8, 4) is 0 Å². The van der Waals surface area contributed by atoms with E-state index in [-0.39, 0.29) is 11.9 Å². The van der Waals surface area contributed by atoms with Gasteiger partial charge in [0.05, 0.1) is 17.5 Å². The maximum atomic E-state index is 12.8. The van der Waals surface area contributed by atoms with Gasteiger partial charge in [-0.15, -0.1) is 0 Å². The molecule has 22 heavy (non-hydrogen) atoms. The zero-order valence-electron chi connectivity index (χ0n) is 12.7. The maximum absolute atomic E-state index is 12.8. The van der Waals surface area contributed by atoms with Crippen LogP contribution in [0.15, 0.2) is 40.9 Å². The zero-order chi connectivity index (χ0) is 15.4. The van der Waals surface area contributed by atoms with Crippen molar-refractivity contribution < 1.29 is 9.21 Å². The van der Waals surface area contributed by atoms with Crippen LogP contribution in [0.25, 0.3) is 0 Å². The Balaban J connectivity index is 1.82. The van der Waals surface area contributed by atoms with Crippen LogP contribution >= 0.6 is 11.8 Å². The highest BCUT2D eigenvalue weighted by Crippen LogP contribution is 2.31. The van der Waals surface area contributed by atoms with Crippen LogP contribution in [0.3, 0.4) is 0 Å². The Morgan fingerprint density at radius 3 is 3.05 bits per heavy atom. The van der Waals surface area contributed by atoms with Crippen LogP contribution in [0.1, 0.15) is 47.3 Å². The van der Waals surface area contributed by atoms with Crippen molar-refractivity contribution in [3.05, 3.63) is 53.7 Å². The number of furan rings is 1. The van der Waals surface area contributed by atoms with Crippen molar-refractivity contribution in [3.63, 3.8) is 0 Å². The van der Waals surface area contributed by atoms with Gasteiger partial charge in [0.15, 0.2) is 5.76 Å². The minimum atomic E-state index is -0.0253. The molecule has 0 saturated carbocycles. The Morgan fingerprint density at radius 1 is 1.36 bits per heavy atom. The van der Waals surface area contributed by atoms with E-state index >= 15 is 0 Å². The minimum Gasteiger partial charge on any atom is -0.455 e. The Hall–Kier alpha value is -1.75. The highest BCUT2D eigenvalue weighted by molar-refractivity contribution is 7.97. The van der Waals surface area contributed by atoms with Crippen LogP contribution in [-0.2, 0) is 5.75 Å². The van der Waals surface area contributed by atoms with Crippen LogP contribution in [0.5, 0.6) is 0 Å². The molecule has 0 spiro atoms. The molecule has 3 heterocycles. The first-order chi connectivity index (χ1) is 10.8. The Kier molecular flexibility index (Phi) is 4.83. The van der Waals surface area contributed by atoms with E-state index in [0.29, 0.717) is 5.76 Å². The normalized spacial score (nSPS) is 18.4. The Morgan fingerprint density at radius 2 is 2.27 bits per heavy atom. The topological polar surface area (TPSA) is 46.3 Å². The summed E-state index contributed by atoms with van der Waals surface area (Å²) in [5.74, 6) is 2.05. The quantitative estimate of drug-likeness (QED) is 0.858. The van der Waals surface area contributed by atoms with Gasteiger partial charge in [0.25, 0.3) is 5.91 Å². The van der Waals surface area contributed by atoms with Crippen LogP contribution in [-0.4, -0.2) is 28.6 Å². The number of carbonyl (C=O) groups excluding carboxylic acids is 1. The number of piperidine rings is 1. The molecule has 1 atom stereocenters. The molecule has 1 aliphatic rings. The lowest BCUT2D eigenvalue weighted by atomic mass is 9.98. The standard InChI is InChI=1S/C17H20N2O2S/c1-22-12-13-8-9-16(21-13)17(20)19-11-5-3-7-15(19)14-6-2-4-10-18-14/h2,4,6,8-10,15H,3,5,7,11-12H2,1H3. The Labute approximate surface area is 134 Å². The number of pyridine rings is 1. The van der Waals surface area contributed by atoms with Crippen molar-refractivity contribution in [2.24, 2.45) is 0 Å². The molecule has 0 aliphatic carbocycles. The summed E-state index contributed by atoms with van der Waals surface area (Å²) in [6.45, 7) is 0.763. The molecule has 1 amide bonds. The van der Waals surface area contributed by atoms with Gasteiger partial charge in [-0.1, -0.05) is 6.07 Å². The summed E-state index contributed by atoms with van der Waals surface area (Å²) in [6.07, 6.45) is 6.93. The third-order valence-corrected chi connectivity index (χ3v) is 4.53. The number of aromatic nitrogens is 1. The molecule has 5 heteroatoms. The second kappa shape index (κ2) is 7.01. The summed E-state index contributed by atoms with van der Waals surface area (Å²) in [6, 6.07) is 9.61. The van der Waals surface area contributed by atoms with E-state index in [0.717, 1.165) is 43.0 Å². The third-order valence-electron chi connectivity index (χ3n) is 3.95. The SMILES string of the molecule is CSCc1ccc(C(=O)N2CCCCC2c2ccccn2)o1. The second-order valence-electron chi connectivity index (χ2n) is 5.46. The summed E-state index contributed by atoms with van der Waals surface area (Å²) >= 11 is 1.68. The minimum absolute atomic E-state index is 0.0253. The molecular weight excluding hydrogens is 296 g/mol. The van der Waals surface area contributed by atoms with Gasteiger partial charge in [-0.3, -0.25) is 9.78 Å². The van der Waals surface area contributed by atoms with Crippen molar-refractivity contribution in [1.82, 2.24) is 9.88 Å². The van der Waals surface area contributed by atoms with E-state index in [9.17, 15) is 4.79 Å². The van der Waals surface area contributed by atoms with Gasteiger partial charge in [-0.25, -0.2) is 0 Å². The average molecular weight is 316 g/mol. The largest absolute Gasteiger partial charge is 0.455 e. The predicted octanol–water partition coefficient (Wildman–Crippen LogP) is 3.91. The molecule has 0 N–H and O–H groups in total. The third kappa shape index (κ3) is 3.19. The summed E-state index contributed by atoms with van der Waals surface area (Å²) < 4.78 is 5.69. The number of hydrogen-bond donors (Lipinski definition) is 0. The van der Waals surface area contributed by atoms with E-state index in [4.69, 9.17) is 4.42 Å². The molecule has 4 nitrogen and oxygen atoms in total. The summed E-state index contributed by atoms with van der Waals surface area (Å²) in [7, 11) is 0. The first kappa shape index (κ1) is 15.2. The summed E-state index contributed by atoms with van der Waals surface area (Å²) in [5, 5.41) is 0. The fourth-order valence-corrected chi connectivity index (χ4v) is 3.35. The summed E-state index contributed by atoms with van der Waals surface area (Å²) in [5.41, 5.74) is 0.964. The first-order valence-electron chi connectivity index (χ1n) is 7.59. The molecule has 2 aromatic rings. The van der Waals surface area contributed by atoms with Gasteiger partial charge in [0, 0.05) is 12.7 Å². The fraction of sp³-hybridized carbons (Fsp3) is 0.412. The monoisotopic (exact) mass is 316 g/mol. The lowest BCUT2D eigenvalue weighted by Crippen LogP contribution is -2.38. The number of rotatable bonds is 4. The van der Waals surface area contributed by atoms with Crippen LogP contribution in [0.2, 0.25) is 0 Å². The predicted molar refractivity (Wildman–Crippen MR) is 87.8 cm³/mol. The summed E-state index contributed by atoms with van der Waals surface area (Å²) in [4.78, 5) is 19.1. The molecule has 1 saturated heterocycles. The zero-order valence-corrected chi connectivity index (χ0v) is 13.5. The van der Waals surface area contributed by atoms with Crippen LogP contribution < -0.4 is 0 Å². The number of nitrogens with zero attached hydrogens (tertiary/aromatic N) is 2. The molecule has 0 bridgehead atoms. The highest BCUT2D eigenvalue weighted by Gasteiger charge is 2.30. The smallest absolute Gasteiger partial charge is 0.290 e. The van der Waals surface area contributed by atoms with Gasteiger partial charge < -0.3 is 9.32 Å². The van der Waals surface area contributed by atoms with E-state index in [1.54, 1.807) is 24.0 Å². The van der Waals surface area contributed by atoms with Gasteiger partial charge in [0.2, 0.25) is 0 Å². The first-order valence-corrected chi connectivity index (χ1v) is 8.98. The number of likely N-dealkylation sites (tertiary alicyclic amines) is 1. The highest BCUT2D eigenvalue weighted by atomic mass is 32.2. The molecule has 0 aromatic carbocycles. The van der Waals surface area contributed by atoms with Gasteiger partial charge in [-0.05, 0) is 49.8 Å². The van der Waals surface area contributed by atoms with E-state index in [1.165, 1.54) is 0 Å². The van der Waals surface area contributed by atoms with Gasteiger partial charge in [0.1, 0.15) is 5.76 Å². The van der Waals surface area contributed by atoms with Crippen molar-refractivity contribution in [2.75, 3.05) is 12.8 Å². The van der Waals surface area contributed by atoms with E-state index in [1.807, 2.05) is 35.4 Å². The molecule has 1 fully saturated rings. The molecule has 116 valence electrons. The number of hydrogen-bond acceptors (Lipinski definition) is 4.